The summed E-state index contributed by atoms with van der Waals surface area (Å²) in [6.45, 7) is 0. The van der Waals surface area contributed by atoms with E-state index in [1.54, 1.807) is 28.4 Å². The van der Waals surface area contributed by atoms with Crippen LogP contribution in [0.25, 0.3) is 12.2 Å². The molecular weight excluding hydrogens is 440 g/mol. The number of allylic oxidation sites excluding steroid dienone is 2. The smallest absolute Gasteiger partial charge is 0.185 e. The van der Waals surface area contributed by atoms with Crippen molar-refractivity contribution in [1.82, 2.24) is 0 Å². The number of ether oxygens (including phenoxy) is 4. The van der Waals surface area contributed by atoms with Crippen LogP contribution in [0.1, 0.15) is 35.4 Å². The zero-order chi connectivity index (χ0) is 24.8. The van der Waals surface area contributed by atoms with Crippen LogP contribution in [0.5, 0.6) is 23.0 Å². The standard InChI is InChI=1S/C30H30O5/c1-32-26-12-8-13-27(33-2)24(26)18-22-16-21(20-10-6-5-7-11-20)17-23(30(22)31)19-25-28(34-3)14-9-15-29(25)35-4/h5-15,18-19,21H,16-17H2,1-4H3/b22-18+,23-19+. The van der Waals surface area contributed by atoms with Crippen LogP contribution in [0.4, 0.5) is 0 Å². The third-order valence-corrected chi connectivity index (χ3v) is 6.36. The van der Waals surface area contributed by atoms with Crippen molar-refractivity contribution in [1.29, 1.82) is 0 Å². The molecule has 3 aromatic rings. The molecule has 0 saturated heterocycles. The zero-order valence-corrected chi connectivity index (χ0v) is 20.5. The van der Waals surface area contributed by atoms with Crippen LogP contribution in [0.3, 0.4) is 0 Å². The second-order valence-electron chi connectivity index (χ2n) is 8.34. The average Bonchev–Trinajstić information content (AvgIpc) is 2.91. The van der Waals surface area contributed by atoms with Crippen LogP contribution in [0.2, 0.25) is 0 Å². The van der Waals surface area contributed by atoms with Gasteiger partial charge in [0.05, 0.1) is 39.6 Å². The minimum absolute atomic E-state index is 0.00176. The monoisotopic (exact) mass is 470 g/mol. The van der Waals surface area contributed by atoms with Crippen molar-refractivity contribution in [2.24, 2.45) is 0 Å². The quantitative estimate of drug-likeness (QED) is 0.378. The molecular formula is C30H30O5. The molecule has 1 fully saturated rings. The van der Waals surface area contributed by atoms with E-state index in [9.17, 15) is 4.79 Å². The molecule has 0 amide bonds. The molecule has 35 heavy (non-hydrogen) atoms. The van der Waals surface area contributed by atoms with Crippen LogP contribution in [0, 0.1) is 0 Å². The van der Waals surface area contributed by atoms with Crippen molar-refractivity contribution in [2.75, 3.05) is 28.4 Å². The maximum Gasteiger partial charge on any atom is 0.185 e. The molecule has 1 aliphatic rings. The maximum absolute atomic E-state index is 13.8. The first-order valence-corrected chi connectivity index (χ1v) is 11.5. The molecule has 0 aromatic heterocycles. The lowest BCUT2D eigenvalue weighted by Gasteiger charge is -2.27. The number of benzene rings is 3. The van der Waals surface area contributed by atoms with Gasteiger partial charge in [-0.25, -0.2) is 0 Å². The van der Waals surface area contributed by atoms with Crippen LogP contribution < -0.4 is 18.9 Å². The molecule has 0 atom stereocenters. The summed E-state index contributed by atoms with van der Waals surface area (Å²) in [5.41, 5.74) is 4.10. The largest absolute Gasteiger partial charge is 0.496 e. The summed E-state index contributed by atoms with van der Waals surface area (Å²) in [4.78, 5) is 13.8. The molecule has 1 aliphatic carbocycles. The van der Waals surface area contributed by atoms with Crippen molar-refractivity contribution in [3.05, 3.63) is 94.6 Å². The summed E-state index contributed by atoms with van der Waals surface area (Å²) in [7, 11) is 6.47. The van der Waals surface area contributed by atoms with Crippen LogP contribution in [0.15, 0.2) is 77.9 Å². The summed E-state index contributed by atoms with van der Waals surface area (Å²) in [6.07, 6.45) is 5.04. The van der Waals surface area contributed by atoms with E-state index in [0.29, 0.717) is 47.0 Å². The lowest BCUT2D eigenvalue weighted by Crippen LogP contribution is -2.19. The van der Waals surface area contributed by atoms with Crippen molar-refractivity contribution in [3.8, 4) is 23.0 Å². The second kappa shape index (κ2) is 11.0. The highest BCUT2D eigenvalue weighted by Gasteiger charge is 2.30. The lowest BCUT2D eigenvalue weighted by atomic mass is 9.76. The molecule has 180 valence electrons. The Hall–Kier alpha value is -3.99. The van der Waals surface area contributed by atoms with Crippen molar-refractivity contribution in [3.63, 3.8) is 0 Å². The maximum atomic E-state index is 13.8. The highest BCUT2D eigenvalue weighted by Crippen LogP contribution is 2.42. The van der Waals surface area contributed by atoms with E-state index in [2.05, 4.69) is 12.1 Å². The number of ketones is 1. The number of methoxy groups -OCH3 is 4. The van der Waals surface area contributed by atoms with E-state index in [0.717, 1.165) is 11.1 Å². The van der Waals surface area contributed by atoms with Crippen LogP contribution >= 0.6 is 0 Å². The molecule has 5 nitrogen and oxygen atoms in total. The van der Waals surface area contributed by atoms with Gasteiger partial charge >= 0.3 is 0 Å². The summed E-state index contributed by atoms with van der Waals surface area (Å²) in [6, 6.07) is 21.5. The van der Waals surface area contributed by atoms with Gasteiger partial charge in [0.2, 0.25) is 0 Å². The summed E-state index contributed by atoms with van der Waals surface area (Å²) in [5.74, 6) is 2.77. The van der Waals surface area contributed by atoms with E-state index in [-0.39, 0.29) is 11.7 Å². The Morgan fingerprint density at radius 3 is 1.37 bits per heavy atom. The fraction of sp³-hybridized carbons (Fsp3) is 0.233. The Labute approximate surface area is 206 Å². The first-order valence-electron chi connectivity index (χ1n) is 11.5. The Kier molecular flexibility index (Phi) is 7.56. The summed E-state index contributed by atoms with van der Waals surface area (Å²) in [5, 5.41) is 0. The van der Waals surface area contributed by atoms with E-state index in [4.69, 9.17) is 18.9 Å². The zero-order valence-electron chi connectivity index (χ0n) is 20.5. The predicted molar refractivity (Wildman–Crippen MR) is 138 cm³/mol. The molecule has 0 spiro atoms. The third kappa shape index (κ3) is 5.09. The number of Topliss-reactive ketones (excluding diaryl/α,β-unsaturated/α-hetero) is 1. The number of hydrogen-bond acceptors (Lipinski definition) is 5. The predicted octanol–water partition coefficient (Wildman–Crippen LogP) is 6.33. The number of carbonyl (C=O) groups is 1. The van der Waals surface area contributed by atoms with E-state index in [1.807, 2.05) is 66.7 Å². The topological polar surface area (TPSA) is 54.0 Å². The highest BCUT2D eigenvalue weighted by atomic mass is 16.5. The molecule has 0 unspecified atom stereocenters. The second-order valence-corrected chi connectivity index (χ2v) is 8.34. The fourth-order valence-electron chi connectivity index (χ4n) is 4.60. The minimum atomic E-state index is -0.00176. The Morgan fingerprint density at radius 2 is 1.00 bits per heavy atom. The Balaban J connectivity index is 1.86. The van der Waals surface area contributed by atoms with Crippen LogP contribution in [-0.2, 0) is 4.79 Å². The van der Waals surface area contributed by atoms with Gasteiger partial charge in [-0.15, -0.1) is 0 Å². The first kappa shape index (κ1) is 24.1. The summed E-state index contributed by atoms with van der Waals surface area (Å²) >= 11 is 0. The minimum Gasteiger partial charge on any atom is -0.496 e. The van der Waals surface area contributed by atoms with Gasteiger partial charge in [-0.1, -0.05) is 42.5 Å². The van der Waals surface area contributed by atoms with Crippen molar-refractivity contribution >= 4 is 17.9 Å². The van der Waals surface area contributed by atoms with Gasteiger partial charge in [0.1, 0.15) is 23.0 Å². The molecule has 0 heterocycles. The lowest BCUT2D eigenvalue weighted by molar-refractivity contribution is -0.113. The Bertz CT molecular complexity index is 1130. The van der Waals surface area contributed by atoms with Crippen molar-refractivity contribution in [2.45, 2.75) is 18.8 Å². The SMILES string of the molecule is COc1cccc(OC)c1/C=C1\CC(c2ccccc2)C/C(=C\c2c(OC)cccc2OC)C1=O. The first-order chi connectivity index (χ1) is 17.1. The molecule has 5 heteroatoms. The van der Waals surface area contributed by atoms with Gasteiger partial charge in [-0.2, -0.15) is 0 Å². The van der Waals surface area contributed by atoms with Gasteiger partial charge < -0.3 is 18.9 Å². The normalized spacial score (nSPS) is 17.9. The molecule has 0 aliphatic heterocycles. The number of carbonyl (C=O) groups excluding carboxylic acids is 1. The molecule has 4 rings (SSSR count). The van der Waals surface area contributed by atoms with Gasteiger partial charge in [-0.05, 0) is 60.7 Å². The number of rotatable bonds is 7. The van der Waals surface area contributed by atoms with Gasteiger partial charge in [0.15, 0.2) is 5.78 Å². The third-order valence-electron chi connectivity index (χ3n) is 6.36. The van der Waals surface area contributed by atoms with E-state index in [1.165, 1.54) is 5.56 Å². The molecule has 0 radical (unpaired) electrons. The Morgan fingerprint density at radius 1 is 0.600 bits per heavy atom. The average molecular weight is 471 g/mol. The molecule has 0 bridgehead atoms. The highest BCUT2D eigenvalue weighted by molar-refractivity contribution is 6.14. The summed E-state index contributed by atoms with van der Waals surface area (Å²) < 4.78 is 22.3. The van der Waals surface area contributed by atoms with Gasteiger partial charge in [0.25, 0.3) is 0 Å². The fourth-order valence-corrected chi connectivity index (χ4v) is 4.60. The van der Waals surface area contributed by atoms with Gasteiger partial charge in [-0.3, -0.25) is 4.79 Å². The number of hydrogen-bond donors (Lipinski definition) is 0. The van der Waals surface area contributed by atoms with Crippen LogP contribution in [-0.4, -0.2) is 34.2 Å². The molecule has 0 N–H and O–H groups in total. The van der Waals surface area contributed by atoms with E-state index < -0.39 is 0 Å². The van der Waals surface area contributed by atoms with Gasteiger partial charge in [0, 0.05) is 11.1 Å². The van der Waals surface area contributed by atoms with Crippen molar-refractivity contribution < 1.29 is 23.7 Å². The molecule has 1 saturated carbocycles. The molecule has 3 aromatic carbocycles. The van der Waals surface area contributed by atoms with E-state index >= 15 is 0 Å².